The minimum atomic E-state index is -0.116. The van der Waals surface area contributed by atoms with Gasteiger partial charge in [0.1, 0.15) is 11.4 Å². The predicted octanol–water partition coefficient (Wildman–Crippen LogP) is 3.83. The number of rotatable bonds is 5. The first-order valence-corrected chi connectivity index (χ1v) is 10.9. The van der Waals surface area contributed by atoms with Crippen LogP contribution in [0.3, 0.4) is 0 Å². The maximum Gasteiger partial charge on any atom is 0.187 e. The van der Waals surface area contributed by atoms with Gasteiger partial charge in [-0.2, -0.15) is 0 Å². The predicted molar refractivity (Wildman–Crippen MR) is 122 cm³/mol. The highest BCUT2D eigenvalue weighted by Crippen LogP contribution is 2.29. The van der Waals surface area contributed by atoms with E-state index in [-0.39, 0.29) is 11.6 Å². The second kappa shape index (κ2) is 7.59. The maximum absolute atomic E-state index is 6.35. The lowest BCUT2D eigenvalue weighted by molar-refractivity contribution is 0.248. The van der Waals surface area contributed by atoms with E-state index in [2.05, 4.69) is 47.3 Å². The molecule has 1 aliphatic rings. The molecule has 0 spiro atoms. The lowest BCUT2D eigenvalue weighted by Crippen LogP contribution is -2.39. The van der Waals surface area contributed by atoms with Gasteiger partial charge in [0.2, 0.25) is 0 Å². The molecule has 0 aliphatic carbocycles. The van der Waals surface area contributed by atoms with Gasteiger partial charge in [-0.1, -0.05) is 12.1 Å². The van der Waals surface area contributed by atoms with Gasteiger partial charge in [0.25, 0.3) is 0 Å². The van der Waals surface area contributed by atoms with Crippen LogP contribution in [0.4, 0.5) is 0 Å². The smallest absolute Gasteiger partial charge is 0.187 e. The van der Waals surface area contributed by atoms with Crippen LogP contribution in [0.25, 0.3) is 28.1 Å². The molecule has 0 bridgehead atoms. The SMILES string of the molecule is CCOc1ccc2ccc(-c3nnc4ccc([C@@H](C)N5CC[C@](C)(N)C5)cn34)nc2c1. The highest BCUT2D eigenvalue weighted by atomic mass is 16.5. The molecule has 0 unspecified atom stereocenters. The minimum Gasteiger partial charge on any atom is -0.494 e. The Hall–Kier alpha value is -3.03. The van der Waals surface area contributed by atoms with Crippen molar-refractivity contribution < 1.29 is 4.74 Å². The van der Waals surface area contributed by atoms with Gasteiger partial charge in [0, 0.05) is 42.3 Å². The van der Waals surface area contributed by atoms with Gasteiger partial charge in [-0.05, 0) is 57.0 Å². The van der Waals surface area contributed by atoms with Gasteiger partial charge in [-0.3, -0.25) is 9.30 Å². The van der Waals surface area contributed by atoms with Crippen molar-refractivity contribution in [2.75, 3.05) is 19.7 Å². The van der Waals surface area contributed by atoms with Crippen molar-refractivity contribution >= 4 is 16.6 Å². The highest BCUT2D eigenvalue weighted by molar-refractivity contribution is 5.82. The molecule has 0 radical (unpaired) electrons. The van der Waals surface area contributed by atoms with E-state index in [1.165, 1.54) is 5.56 Å². The molecule has 1 saturated heterocycles. The van der Waals surface area contributed by atoms with E-state index in [0.717, 1.165) is 53.3 Å². The van der Waals surface area contributed by atoms with Crippen molar-refractivity contribution in [1.29, 1.82) is 0 Å². The standard InChI is InChI=1S/C24H28N6O/c1-4-31-19-8-5-17-6-9-20(26-21(17)13-19)23-28-27-22-10-7-18(14-30(22)23)16(2)29-12-11-24(3,25)15-29/h5-10,13-14,16H,4,11-12,15,25H2,1-3H3/t16-,24+/m1/s1. The molecule has 3 aromatic heterocycles. The van der Waals surface area contributed by atoms with Crippen LogP contribution >= 0.6 is 0 Å². The number of hydrogen-bond acceptors (Lipinski definition) is 6. The Morgan fingerprint density at radius 2 is 2.00 bits per heavy atom. The van der Waals surface area contributed by atoms with E-state index >= 15 is 0 Å². The van der Waals surface area contributed by atoms with E-state index in [9.17, 15) is 0 Å². The number of nitrogens with two attached hydrogens (primary N) is 1. The van der Waals surface area contributed by atoms with Crippen LogP contribution in [-0.2, 0) is 0 Å². The normalized spacial score (nSPS) is 20.5. The van der Waals surface area contributed by atoms with E-state index in [1.54, 1.807) is 0 Å². The van der Waals surface area contributed by atoms with Crippen LogP contribution in [-0.4, -0.2) is 49.7 Å². The van der Waals surface area contributed by atoms with E-state index in [4.69, 9.17) is 15.5 Å². The minimum absolute atomic E-state index is 0.116. The van der Waals surface area contributed by atoms with Gasteiger partial charge in [0.05, 0.1) is 12.1 Å². The molecule has 0 saturated carbocycles. The molecule has 31 heavy (non-hydrogen) atoms. The zero-order chi connectivity index (χ0) is 21.6. The number of benzene rings is 1. The number of fused-ring (bicyclic) bond motifs is 2. The lowest BCUT2D eigenvalue weighted by atomic mass is 10.0. The quantitative estimate of drug-likeness (QED) is 0.533. The topological polar surface area (TPSA) is 81.6 Å². The summed E-state index contributed by atoms with van der Waals surface area (Å²) in [4.78, 5) is 7.29. The fourth-order valence-electron chi connectivity index (χ4n) is 4.37. The van der Waals surface area contributed by atoms with Gasteiger partial charge in [0.15, 0.2) is 11.5 Å². The Morgan fingerprint density at radius 1 is 1.16 bits per heavy atom. The van der Waals surface area contributed by atoms with Crippen LogP contribution < -0.4 is 10.5 Å². The molecule has 5 rings (SSSR count). The summed E-state index contributed by atoms with van der Waals surface area (Å²) in [5.74, 6) is 1.55. The monoisotopic (exact) mass is 416 g/mol. The summed E-state index contributed by atoms with van der Waals surface area (Å²) in [7, 11) is 0. The van der Waals surface area contributed by atoms with Crippen molar-refractivity contribution in [2.24, 2.45) is 5.73 Å². The molecule has 2 N–H and O–H groups in total. The Kier molecular flexibility index (Phi) is 4.87. The first-order valence-electron chi connectivity index (χ1n) is 10.9. The average Bonchev–Trinajstić information content (AvgIpc) is 3.35. The number of pyridine rings is 2. The summed E-state index contributed by atoms with van der Waals surface area (Å²) in [6.07, 6.45) is 3.15. The summed E-state index contributed by atoms with van der Waals surface area (Å²) >= 11 is 0. The molecule has 2 atom stereocenters. The molecule has 1 aliphatic heterocycles. The third kappa shape index (κ3) is 3.75. The van der Waals surface area contributed by atoms with Crippen molar-refractivity contribution in [3.05, 3.63) is 54.2 Å². The largest absolute Gasteiger partial charge is 0.494 e. The molecular weight excluding hydrogens is 388 g/mol. The van der Waals surface area contributed by atoms with Gasteiger partial charge in [-0.15, -0.1) is 10.2 Å². The lowest BCUT2D eigenvalue weighted by Gasteiger charge is -2.26. The first kappa shape index (κ1) is 19.9. The third-order valence-electron chi connectivity index (χ3n) is 6.19. The summed E-state index contributed by atoms with van der Waals surface area (Å²) in [5.41, 5.74) is 9.92. The van der Waals surface area contributed by atoms with Crippen molar-refractivity contribution in [1.82, 2.24) is 24.5 Å². The van der Waals surface area contributed by atoms with Crippen LogP contribution in [0.15, 0.2) is 48.7 Å². The third-order valence-corrected chi connectivity index (χ3v) is 6.19. The highest BCUT2D eigenvalue weighted by Gasteiger charge is 2.32. The van der Waals surface area contributed by atoms with Gasteiger partial charge in [-0.25, -0.2) is 4.98 Å². The number of nitrogens with zero attached hydrogens (tertiary/aromatic N) is 5. The van der Waals surface area contributed by atoms with Gasteiger partial charge >= 0.3 is 0 Å². The number of aromatic nitrogens is 4. The molecule has 7 heteroatoms. The summed E-state index contributed by atoms with van der Waals surface area (Å²) in [6, 6.07) is 14.4. The second-order valence-electron chi connectivity index (χ2n) is 8.75. The number of likely N-dealkylation sites (tertiary alicyclic amines) is 1. The molecule has 160 valence electrons. The second-order valence-corrected chi connectivity index (χ2v) is 8.75. The van der Waals surface area contributed by atoms with Crippen LogP contribution in [0.5, 0.6) is 5.75 Å². The molecular formula is C24H28N6O. The fourth-order valence-corrected chi connectivity index (χ4v) is 4.37. The van der Waals surface area contributed by atoms with Crippen LogP contribution in [0, 0.1) is 0 Å². The number of hydrogen-bond donors (Lipinski definition) is 1. The van der Waals surface area contributed by atoms with Crippen molar-refractivity contribution in [2.45, 2.75) is 38.8 Å². The molecule has 1 aromatic carbocycles. The number of ether oxygens (including phenoxy) is 1. The molecule has 4 aromatic rings. The Labute approximate surface area is 181 Å². The molecule has 0 amide bonds. The van der Waals surface area contributed by atoms with Crippen molar-refractivity contribution in [3.63, 3.8) is 0 Å². The molecule has 1 fully saturated rings. The Morgan fingerprint density at radius 3 is 2.77 bits per heavy atom. The Balaban J connectivity index is 1.52. The average molecular weight is 417 g/mol. The van der Waals surface area contributed by atoms with Crippen LogP contribution in [0.2, 0.25) is 0 Å². The van der Waals surface area contributed by atoms with E-state index in [1.807, 2.05) is 41.7 Å². The zero-order valence-corrected chi connectivity index (χ0v) is 18.2. The van der Waals surface area contributed by atoms with Crippen molar-refractivity contribution in [3.8, 4) is 17.3 Å². The fraction of sp³-hybridized carbons (Fsp3) is 0.375. The first-order chi connectivity index (χ1) is 14.9. The van der Waals surface area contributed by atoms with E-state index in [0.29, 0.717) is 6.61 Å². The summed E-state index contributed by atoms with van der Waals surface area (Å²) in [6.45, 7) is 8.87. The zero-order valence-electron chi connectivity index (χ0n) is 18.2. The summed E-state index contributed by atoms with van der Waals surface area (Å²) < 4.78 is 7.67. The maximum atomic E-state index is 6.35. The Bertz CT molecular complexity index is 1250. The molecule has 4 heterocycles. The van der Waals surface area contributed by atoms with E-state index < -0.39 is 0 Å². The summed E-state index contributed by atoms with van der Waals surface area (Å²) in [5, 5.41) is 9.86. The van der Waals surface area contributed by atoms with Crippen LogP contribution in [0.1, 0.15) is 38.8 Å². The molecule has 7 nitrogen and oxygen atoms in total. The van der Waals surface area contributed by atoms with Gasteiger partial charge < -0.3 is 10.5 Å².